The Morgan fingerprint density at radius 3 is 2.00 bits per heavy atom. The number of aliphatic hydroxyl groups excluding tert-OH is 1. The summed E-state index contributed by atoms with van der Waals surface area (Å²) in [4.78, 5) is 24.0. The van der Waals surface area contributed by atoms with Gasteiger partial charge in [0.25, 0.3) is 0 Å². The number of allylic oxidation sites excluding steroid dienone is 5. The number of rotatable bonds is 16. The van der Waals surface area contributed by atoms with Crippen molar-refractivity contribution in [2.24, 2.45) is 5.92 Å². The molecule has 0 aromatic carbocycles. The summed E-state index contributed by atoms with van der Waals surface area (Å²) < 4.78 is 0. The Morgan fingerprint density at radius 1 is 0.909 bits per heavy atom. The van der Waals surface area contributed by atoms with Gasteiger partial charge in [0.1, 0.15) is 11.4 Å². The summed E-state index contributed by atoms with van der Waals surface area (Å²) in [5.74, 6) is 0.245. The van der Waals surface area contributed by atoms with Crippen LogP contribution in [0, 0.1) is 5.92 Å². The maximum atomic E-state index is 12.3. The zero-order valence-electron chi connectivity index (χ0n) is 21.6. The molecule has 0 radical (unpaired) electrons. The minimum Gasteiger partial charge on any atom is -0.366 e. The lowest BCUT2D eigenvalue weighted by Gasteiger charge is -2.29. The standard InChI is InChI=1S/C26H46N2O4S/c1-8-19(4)17-23(30)28-24(26(31)32)25(27-22(7)29)33-16-15-21(6)14-10-13-20(5)12-9-11-18(2)3/h11,13,15,19,24-26,31-32H,8-10,12,14,16-17H2,1-7H3,(H,27,29)(H,28,30). The van der Waals surface area contributed by atoms with Crippen LogP contribution >= 0.6 is 11.8 Å². The maximum absolute atomic E-state index is 12.3. The third kappa shape index (κ3) is 16.7. The fraction of sp³-hybridized carbons (Fsp3) is 0.692. The molecule has 0 aromatic heterocycles. The highest BCUT2D eigenvalue weighted by Gasteiger charge is 2.30. The average Bonchev–Trinajstić information content (AvgIpc) is 2.70. The Morgan fingerprint density at radius 2 is 1.48 bits per heavy atom. The van der Waals surface area contributed by atoms with E-state index in [1.54, 1.807) is 0 Å². The molecule has 0 rings (SSSR count). The number of hydrogen-bond donors (Lipinski definition) is 4. The SMILES string of the molecule is CCC(C)CC(=O)NC(C(O)O)C(NC(C)=O)SCC=C(C)CCC=C(C)CCC=C(C)C. The Kier molecular flexibility index (Phi) is 17.0. The lowest BCUT2D eigenvalue weighted by Crippen LogP contribution is -2.55. The van der Waals surface area contributed by atoms with Gasteiger partial charge in [0.05, 0.1) is 0 Å². The largest absolute Gasteiger partial charge is 0.366 e. The molecule has 3 unspecified atom stereocenters. The molecule has 0 aliphatic carbocycles. The molecule has 0 aromatic rings. The molecule has 0 aliphatic rings. The molecule has 0 spiro atoms. The highest BCUT2D eigenvalue weighted by Crippen LogP contribution is 2.18. The van der Waals surface area contributed by atoms with Gasteiger partial charge >= 0.3 is 0 Å². The minimum absolute atomic E-state index is 0.198. The highest BCUT2D eigenvalue weighted by atomic mass is 32.2. The Bertz CT molecular complexity index is 682. The molecule has 4 N–H and O–H groups in total. The van der Waals surface area contributed by atoms with E-state index in [-0.39, 0.29) is 17.7 Å². The molecule has 0 fully saturated rings. The zero-order valence-corrected chi connectivity index (χ0v) is 22.4. The van der Waals surface area contributed by atoms with Crippen LogP contribution < -0.4 is 10.6 Å². The number of aliphatic hydroxyl groups is 2. The molecule has 6 nitrogen and oxygen atoms in total. The van der Waals surface area contributed by atoms with Crippen LogP contribution in [0.2, 0.25) is 0 Å². The highest BCUT2D eigenvalue weighted by molar-refractivity contribution is 8.00. The first-order chi connectivity index (χ1) is 15.5. The number of carbonyl (C=O) groups is 2. The normalized spacial score (nSPS) is 15.1. The lowest BCUT2D eigenvalue weighted by molar-refractivity contribution is -0.129. The van der Waals surface area contributed by atoms with Crippen molar-refractivity contribution in [2.75, 3.05) is 5.75 Å². The summed E-state index contributed by atoms with van der Waals surface area (Å²) in [5, 5.41) is 24.5. The van der Waals surface area contributed by atoms with E-state index in [2.05, 4.69) is 56.6 Å². The lowest BCUT2D eigenvalue weighted by atomic mass is 10.0. The van der Waals surface area contributed by atoms with Gasteiger partial charge in [-0.05, 0) is 59.3 Å². The van der Waals surface area contributed by atoms with Gasteiger partial charge in [0.15, 0.2) is 6.29 Å². The summed E-state index contributed by atoms with van der Waals surface area (Å²) in [6.45, 7) is 13.8. The quantitative estimate of drug-likeness (QED) is 0.186. The van der Waals surface area contributed by atoms with Crippen LogP contribution in [0.25, 0.3) is 0 Å². The van der Waals surface area contributed by atoms with Gasteiger partial charge in [0, 0.05) is 19.1 Å². The van der Waals surface area contributed by atoms with Gasteiger partial charge in [0.2, 0.25) is 11.8 Å². The van der Waals surface area contributed by atoms with Crippen LogP contribution in [0.1, 0.15) is 87.0 Å². The van der Waals surface area contributed by atoms with Gasteiger partial charge in [-0.2, -0.15) is 0 Å². The topological polar surface area (TPSA) is 98.7 Å². The van der Waals surface area contributed by atoms with Crippen molar-refractivity contribution in [2.45, 2.75) is 105 Å². The molecule has 2 amide bonds. The van der Waals surface area contributed by atoms with Gasteiger partial charge < -0.3 is 20.8 Å². The molecule has 0 saturated heterocycles. The molecule has 33 heavy (non-hydrogen) atoms. The number of carbonyl (C=O) groups excluding carboxylic acids is 2. The Hall–Kier alpha value is -1.57. The van der Waals surface area contributed by atoms with Crippen LogP contribution in [0.4, 0.5) is 0 Å². The third-order valence-corrected chi connectivity index (χ3v) is 6.51. The average molecular weight is 483 g/mol. The van der Waals surface area contributed by atoms with Crippen molar-refractivity contribution in [3.63, 3.8) is 0 Å². The minimum atomic E-state index is -1.78. The van der Waals surface area contributed by atoms with E-state index in [1.807, 2.05) is 13.8 Å². The number of amides is 2. The van der Waals surface area contributed by atoms with E-state index in [1.165, 1.54) is 35.4 Å². The van der Waals surface area contributed by atoms with E-state index in [0.29, 0.717) is 12.2 Å². The second-order valence-corrected chi connectivity index (χ2v) is 10.3. The second kappa shape index (κ2) is 17.8. The van der Waals surface area contributed by atoms with E-state index in [9.17, 15) is 19.8 Å². The number of nitrogens with one attached hydrogen (secondary N) is 2. The van der Waals surface area contributed by atoms with Crippen molar-refractivity contribution in [1.29, 1.82) is 0 Å². The Balaban J connectivity index is 4.86. The van der Waals surface area contributed by atoms with E-state index >= 15 is 0 Å². The maximum Gasteiger partial charge on any atom is 0.220 e. The Labute approximate surface area is 205 Å². The van der Waals surface area contributed by atoms with Gasteiger partial charge in [-0.3, -0.25) is 9.59 Å². The molecule has 0 bridgehead atoms. The molecule has 190 valence electrons. The van der Waals surface area contributed by atoms with Crippen LogP contribution in [0.5, 0.6) is 0 Å². The van der Waals surface area contributed by atoms with Crippen LogP contribution in [0.15, 0.2) is 34.9 Å². The fourth-order valence-electron chi connectivity index (χ4n) is 3.08. The smallest absolute Gasteiger partial charge is 0.220 e. The van der Waals surface area contributed by atoms with E-state index in [0.717, 1.165) is 32.1 Å². The first-order valence-corrected chi connectivity index (χ1v) is 13.0. The molecule has 3 atom stereocenters. The predicted molar refractivity (Wildman–Crippen MR) is 140 cm³/mol. The van der Waals surface area contributed by atoms with Crippen molar-refractivity contribution in [3.05, 3.63) is 34.9 Å². The summed E-state index contributed by atoms with van der Waals surface area (Å²) in [6, 6.07) is -0.990. The summed E-state index contributed by atoms with van der Waals surface area (Å²) in [7, 11) is 0. The first kappa shape index (κ1) is 31.4. The van der Waals surface area contributed by atoms with Crippen molar-refractivity contribution < 1.29 is 19.8 Å². The van der Waals surface area contributed by atoms with E-state index in [4.69, 9.17) is 0 Å². The third-order valence-electron chi connectivity index (χ3n) is 5.38. The summed E-state index contributed by atoms with van der Waals surface area (Å²) >= 11 is 1.37. The molecular formula is C26H46N2O4S. The van der Waals surface area contributed by atoms with Gasteiger partial charge in [-0.15, -0.1) is 11.8 Å². The monoisotopic (exact) mass is 482 g/mol. The summed E-state index contributed by atoms with van der Waals surface area (Å²) in [6.07, 6.45) is 10.1. The fourth-order valence-corrected chi connectivity index (χ4v) is 4.33. The molecule has 0 aliphatic heterocycles. The van der Waals surface area contributed by atoms with Crippen molar-refractivity contribution in [1.82, 2.24) is 10.6 Å². The second-order valence-electron chi connectivity index (χ2n) is 9.14. The van der Waals surface area contributed by atoms with Crippen LogP contribution in [-0.2, 0) is 9.59 Å². The number of thioether (sulfide) groups is 1. The van der Waals surface area contributed by atoms with Gasteiger partial charge in [-0.25, -0.2) is 0 Å². The summed E-state index contributed by atoms with van der Waals surface area (Å²) in [5.41, 5.74) is 3.98. The molecule has 0 saturated carbocycles. The van der Waals surface area contributed by atoms with Gasteiger partial charge in [-0.1, -0.05) is 55.2 Å². The molecular weight excluding hydrogens is 436 g/mol. The van der Waals surface area contributed by atoms with E-state index < -0.39 is 17.7 Å². The van der Waals surface area contributed by atoms with Crippen molar-refractivity contribution in [3.8, 4) is 0 Å². The zero-order chi connectivity index (χ0) is 25.4. The first-order valence-electron chi connectivity index (χ1n) is 11.9. The van der Waals surface area contributed by atoms with Crippen LogP contribution in [-0.4, -0.2) is 45.5 Å². The number of hydrogen-bond acceptors (Lipinski definition) is 5. The van der Waals surface area contributed by atoms with Crippen LogP contribution in [0.3, 0.4) is 0 Å². The predicted octanol–water partition coefficient (Wildman–Crippen LogP) is 4.83. The molecule has 7 heteroatoms. The molecule has 0 heterocycles. The van der Waals surface area contributed by atoms with Crippen molar-refractivity contribution >= 4 is 23.6 Å².